The lowest BCUT2D eigenvalue weighted by Gasteiger charge is -2.10. The molecular weight excluding hydrogens is 182 g/mol. The topological polar surface area (TPSA) is 74.2 Å². The molecule has 2 N–H and O–H groups in total. The smallest absolute Gasteiger partial charge is 0.246 e. The van der Waals surface area contributed by atoms with E-state index in [1.54, 1.807) is 0 Å². The predicted octanol–water partition coefficient (Wildman–Crippen LogP) is 0.767. The van der Waals surface area contributed by atoms with Crippen molar-refractivity contribution in [2.45, 2.75) is 31.7 Å². The van der Waals surface area contributed by atoms with Crippen LogP contribution in [0.25, 0.3) is 0 Å². The summed E-state index contributed by atoms with van der Waals surface area (Å²) in [4.78, 5) is 4.28. The third kappa shape index (κ3) is 1.78. The molecule has 1 aliphatic rings. The van der Waals surface area contributed by atoms with E-state index in [9.17, 15) is 0 Å². The van der Waals surface area contributed by atoms with E-state index < -0.39 is 5.54 Å². The van der Waals surface area contributed by atoms with Crippen LogP contribution in [0.3, 0.4) is 0 Å². The Balaban J connectivity index is 2.17. The molecule has 1 aromatic heterocycles. The average molecular weight is 197 g/mol. The quantitative estimate of drug-likeness (QED) is 0.757. The van der Waals surface area contributed by atoms with E-state index in [0.717, 1.165) is 18.9 Å². The van der Waals surface area contributed by atoms with Crippen molar-refractivity contribution in [2.75, 3.05) is 13.2 Å². The Labute approximate surface area is 82.6 Å². The highest BCUT2D eigenvalue weighted by atomic mass is 16.5. The summed E-state index contributed by atoms with van der Waals surface area (Å²) in [7, 11) is 0. The van der Waals surface area contributed by atoms with E-state index in [1.807, 2.05) is 13.8 Å². The molecule has 0 saturated carbocycles. The Morgan fingerprint density at radius 2 is 2.29 bits per heavy atom. The fourth-order valence-corrected chi connectivity index (χ4v) is 1.40. The van der Waals surface area contributed by atoms with Crippen molar-refractivity contribution >= 4 is 0 Å². The monoisotopic (exact) mass is 197 g/mol. The van der Waals surface area contributed by atoms with Gasteiger partial charge in [-0.15, -0.1) is 0 Å². The first-order valence-corrected chi connectivity index (χ1v) is 4.78. The van der Waals surface area contributed by atoms with E-state index in [2.05, 4.69) is 10.1 Å². The third-order valence-electron chi connectivity index (χ3n) is 2.29. The zero-order valence-electron chi connectivity index (χ0n) is 8.49. The lowest BCUT2D eigenvalue weighted by atomic mass is 10.1. The number of nitrogens with two attached hydrogens (primary N) is 1. The second-order valence-electron chi connectivity index (χ2n) is 4.24. The Hall–Kier alpha value is -0.940. The summed E-state index contributed by atoms with van der Waals surface area (Å²) >= 11 is 0. The second-order valence-corrected chi connectivity index (χ2v) is 4.24. The van der Waals surface area contributed by atoms with Crippen molar-refractivity contribution in [3.05, 3.63) is 11.7 Å². The normalized spacial score (nSPS) is 22.9. The first-order chi connectivity index (χ1) is 6.57. The molecule has 1 aromatic rings. The van der Waals surface area contributed by atoms with Gasteiger partial charge in [0.1, 0.15) is 0 Å². The molecule has 2 heterocycles. The Kier molecular flexibility index (Phi) is 2.28. The maximum atomic E-state index is 5.84. The largest absolute Gasteiger partial charge is 0.381 e. The number of ether oxygens (including phenoxy) is 1. The van der Waals surface area contributed by atoms with Gasteiger partial charge in [0.15, 0.2) is 5.82 Å². The summed E-state index contributed by atoms with van der Waals surface area (Å²) in [5.74, 6) is 1.48. The van der Waals surface area contributed by atoms with E-state index in [-0.39, 0.29) is 5.92 Å². The van der Waals surface area contributed by atoms with Crippen LogP contribution in [0.4, 0.5) is 0 Å². The number of aromatic nitrogens is 2. The summed E-state index contributed by atoms with van der Waals surface area (Å²) in [6.45, 7) is 5.15. The van der Waals surface area contributed by atoms with Gasteiger partial charge in [0.25, 0.3) is 0 Å². The van der Waals surface area contributed by atoms with Crippen LogP contribution in [0, 0.1) is 0 Å². The zero-order chi connectivity index (χ0) is 10.2. The fraction of sp³-hybridized carbons (Fsp3) is 0.778. The molecule has 0 spiro atoms. The van der Waals surface area contributed by atoms with Gasteiger partial charge in [0, 0.05) is 12.5 Å². The summed E-state index contributed by atoms with van der Waals surface area (Å²) in [6.07, 6.45) is 0.962. The molecule has 0 radical (unpaired) electrons. The van der Waals surface area contributed by atoms with Crippen molar-refractivity contribution in [2.24, 2.45) is 5.73 Å². The average Bonchev–Trinajstić information content (AvgIpc) is 2.73. The molecule has 2 rings (SSSR count). The minimum Gasteiger partial charge on any atom is -0.381 e. The Morgan fingerprint density at radius 3 is 2.79 bits per heavy atom. The summed E-state index contributed by atoms with van der Waals surface area (Å²) < 4.78 is 10.4. The van der Waals surface area contributed by atoms with Crippen LogP contribution in [0.1, 0.15) is 37.9 Å². The van der Waals surface area contributed by atoms with Crippen LogP contribution < -0.4 is 5.73 Å². The van der Waals surface area contributed by atoms with E-state index >= 15 is 0 Å². The zero-order valence-corrected chi connectivity index (χ0v) is 8.49. The molecule has 0 amide bonds. The molecule has 0 aromatic carbocycles. The van der Waals surface area contributed by atoms with Crippen LogP contribution >= 0.6 is 0 Å². The molecule has 1 unspecified atom stereocenters. The standard InChI is InChI=1S/C9H15N3O2/c1-9(2,10)8-11-7(12-14-8)6-3-4-13-5-6/h6H,3-5,10H2,1-2H3. The lowest BCUT2D eigenvalue weighted by Crippen LogP contribution is -2.29. The predicted molar refractivity (Wildman–Crippen MR) is 49.7 cm³/mol. The van der Waals surface area contributed by atoms with Crippen molar-refractivity contribution in [1.29, 1.82) is 0 Å². The van der Waals surface area contributed by atoms with Crippen molar-refractivity contribution in [1.82, 2.24) is 10.1 Å². The highest BCUT2D eigenvalue weighted by Crippen LogP contribution is 2.24. The number of hydrogen-bond donors (Lipinski definition) is 1. The van der Waals surface area contributed by atoms with Crippen molar-refractivity contribution < 1.29 is 9.26 Å². The number of nitrogens with zero attached hydrogens (tertiary/aromatic N) is 2. The van der Waals surface area contributed by atoms with Crippen LogP contribution in [-0.4, -0.2) is 23.4 Å². The van der Waals surface area contributed by atoms with Crippen LogP contribution in [0.2, 0.25) is 0 Å². The summed E-state index contributed by atoms with van der Waals surface area (Å²) in [5.41, 5.74) is 5.28. The highest BCUT2D eigenvalue weighted by molar-refractivity contribution is 5.02. The van der Waals surface area contributed by atoms with Crippen LogP contribution in [0.15, 0.2) is 4.52 Å². The fourth-order valence-electron chi connectivity index (χ4n) is 1.40. The minimum atomic E-state index is -0.565. The van der Waals surface area contributed by atoms with E-state index in [0.29, 0.717) is 12.5 Å². The Bertz CT molecular complexity index is 310. The highest BCUT2D eigenvalue weighted by Gasteiger charge is 2.27. The van der Waals surface area contributed by atoms with Gasteiger partial charge in [-0.3, -0.25) is 0 Å². The van der Waals surface area contributed by atoms with E-state index in [1.165, 1.54) is 0 Å². The molecule has 1 saturated heterocycles. The van der Waals surface area contributed by atoms with Gasteiger partial charge in [-0.2, -0.15) is 4.98 Å². The maximum Gasteiger partial charge on any atom is 0.246 e. The molecule has 1 atom stereocenters. The molecule has 1 fully saturated rings. The Morgan fingerprint density at radius 1 is 1.50 bits per heavy atom. The summed E-state index contributed by atoms with van der Waals surface area (Å²) in [6, 6.07) is 0. The molecule has 5 nitrogen and oxygen atoms in total. The maximum absolute atomic E-state index is 5.84. The summed E-state index contributed by atoms with van der Waals surface area (Å²) in [5, 5.41) is 3.92. The number of rotatable bonds is 2. The third-order valence-corrected chi connectivity index (χ3v) is 2.29. The van der Waals surface area contributed by atoms with Gasteiger partial charge in [0.05, 0.1) is 12.1 Å². The van der Waals surface area contributed by atoms with E-state index in [4.69, 9.17) is 15.0 Å². The molecule has 0 bridgehead atoms. The van der Waals surface area contributed by atoms with Gasteiger partial charge in [-0.1, -0.05) is 5.16 Å². The van der Waals surface area contributed by atoms with Crippen molar-refractivity contribution in [3.8, 4) is 0 Å². The first kappa shape index (κ1) is 9.61. The minimum absolute atomic E-state index is 0.273. The van der Waals surface area contributed by atoms with Crippen LogP contribution in [-0.2, 0) is 10.3 Å². The molecule has 1 aliphatic heterocycles. The van der Waals surface area contributed by atoms with Gasteiger partial charge < -0.3 is 15.0 Å². The molecule has 0 aliphatic carbocycles. The first-order valence-electron chi connectivity index (χ1n) is 4.78. The van der Waals surface area contributed by atoms with Gasteiger partial charge in [-0.05, 0) is 20.3 Å². The molecule has 78 valence electrons. The second kappa shape index (κ2) is 3.33. The van der Waals surface area contributed by atoms with Crippen molar-refractivity contribution in [3.63, 3.8) is 0 Å². The molecular formula is C9H15N3O2. The van der Waals surface area contributed by atoms with Gasteiger partial charge in [0.2, 0.25) is 5.89 Å². The van der Waals surface area contributed by atoms with Gasteiger partial charge in [-0.25, -0.2) is 0 Å². The number of hydrogen-bond acceptors (Lipinski definition) is 5. The lowest BCUT2D eigenvalue weighted by molar-refractivity contribution is 0.192. The van der Waals surface area contributed by atoms with Crippen LogP contribution in [0.5, 0.6) is 0 Å². The molecule has 5 heteroatoms. The SMILES string of the molecule is CC(C)(N)c1nc(C2CCOC2)no1. The molecule has 14 heavy (non-hydrogen) atoms. The van der Waals surface area contributed by atoms with Gasteiger partial charge >= 0.3 is 0 Å².